The quantitative estimate of drug-likeness (QED) is 0.683. The number of piperidine rings is 2. The number of carbonyl (C=O) groups is 1. The van der Waals surface area contributed by atoms with Crippen molar-refractivity contribution in [2.45, 2.75) is 56.7 Å². The summed E-state index contributed by atoms with van der Waals surface area (Å²) in [7, 11) is 1.70. The van der Waals surface area contributed by atoms with E-state index in [4.69, 9.17) is 17.3 Å². The maximum Gasteiger partial charge on any atom is 0.326 e. The Morgan fingerprint density at radius 1 is 1.28 bits per heavy atom. The predicted molar refractivity (Wildman–Crippen MR) is 115 cm³/mol. The zero-order valence-corrected chi connectivity index (χ0v) is 17.7. The van der Waals surface area contributed by atoms with Gasteiger partial charge in [0.05, 0.1) is 28.1 Å². The van der Waals surface area contributed by atoms with E-state index < -0.39 is 6.04 Å². The van der Waals surface area contributed by atoms with Gasteiger partial charge in [0.1, 0.15) is 0 Å². The minimum atomic E-state index is -0.577. The van der Waals surface area contributed by atoms with E-state index in [2.05, 4.69) is 15.2 Å². The van der Waals surface area contributed by atoms with Crippen LogP contribution in [0.4, 0.5) is 0 Å². The van der Waals surface area contributed by atoms with Gasteiger partial charge < -0.3 is 16.0 Å². The van der Waals surface area contributed by atoms with Gasteiger partial charge in [0, 0.05) is 13.1 Å². The zero-order chi connectivity index (χ0) is 20.5. The molecule has 0 bridgehead atoms. The van der Waals surface area contributed by atoms with Gasteiger partial charge in [0.2, 0.25) is 0 Å². The van der Waals surface area contributed by atoms with Crippen molar-refractivity contribution in [1.82, 2.24) is 19.8 Å². The van der Waals surface area contributed by atoms with E-state index in [-0.39, 0.29) is 17.5 Å². The molecule has 0 radical (unpaired) electrons. The summed E-state index contributed by atoms with van der Waals surface area (Å²) < 4.78 is 1.53. The molecule has 158 valence electrons. The van der Waals surface area contributed by atoms with Crippen LogP contribution in [0.3, 0.4) is 0 Å². The summed E-state index contributed by atoms with van der Waals surface area (Å²) in [5.41, 5.74) is 8.41. The van der Waals surface area contributed by atoms with Crippen LogP contribution >= 0.6 is 11.6 Å². The summed E-state index contributed by atoms with van der Waals surface area (Å²) in [5.74, 6) is 0.127. The first-order valence-corrected chi connectivity index (χ1v) is 11.0. The second-order valence-corrected chi connectivity index (χ2v) is 8.81. The lowest BCUT2D eigenvalue weighted by molar-refractivity contribution is -0.128. The molecule has 4 rings (SSSR count). The molecule has 2 saturated heterocycles. The molecule has 4 N–H and O–H groups in total. The number of aromatic amines is 1. The molecule has 0 saturated carbocycles. The molecular weight excluding hydrogens is 390 g/mol. The van der Waals surface area contributed by atoms with Crippen LogP contribution in [0.15, 0.2) is 16.9 Å². The number of nitrogens with two attached hydrogens (primary N) is 1. The summed E-state index contributed by atoms with van der Waals surface area (Å²) in [5, 5.41) is 3.88. The van der Waals surface area contributed by atoms with Crippen LogP contribution in [0.25, 0.3) is 11.0 Å². The number of Topliss-reactive ketones (excluding diaryl/α,β-unsaturated/α-hetero) is 1. The fourth-order valence-electron chi connectivity index (χ4n) is 4.89. The number of fused-ring (bicyclic) bond motifs is 1. The lowest BCUT2D eigenvalue weighted by Gasteiger charge is -2.42. The normalized spacial score (nSPS) is 22.8. The van der Waals surface area contributed by atoms with E-state index in [9.17, 15) is 9.59 Å². The average molecular weight is 420 g/mol. The number of halogens is 1. The van der Waals surface area contributed by atoms with E-state index in [0.29, 0.717) is 23.0 Å². The molecule has 0 aliphatic carbocycles. The number of aromatic nitrogens is 2. The molecule has 29 heavy (non-hydrogen) atoms. The van der Waals surface area contributed by atoms with Gasteiger partial charge in [-0.2, -0.15) is 0 Å². The predicted octanol–water partition coefficient (Wildman–Crippen LogP) is 1.57. The van der Waals surface area contributed by atoms with E-state index in [1.165, 1.54) is 4.57 Å². The first kappa shape index (κ1) is 20.6. The van der Waals surface area contributed by atoms with Crippen molar-refractivity contribution in [3.8, 4) is 0 Å². The Bertz CT molecular complexity index is 946. The molecule has 2 fully saturated rings. The lowest BCUT2D eigenvalue weighted by Crippen LogP contribution is -2.56. The van der Waals surface area contributed by atoms with Crippen molar-refractivity contribution in [2.24, 2.45) is 12.8 Å². The van der Waals surface area contributed by atoms with E-state index in [0.717, 1.165) is 62.8 Å². The fourth-order valence-corrected chi connectivity index (χ4v) is 5.17. The summed E-state index contributed by atoms with van der Waals surface area (Å²) in [6, 6.07) is 3.51. The third-order valence-corrected chi connectivity index (χ3v) is 6.80. The van der Waals surface area contributed by atoms with Crippen molar-refractivity contribution >= 4 is 28.4 Å². The molecule has 0 spiro atoms. The Hall–Kier alpha value is -1.67. The molecule has 2 aliphatic heterocycles. The molecule has 3 heterocycles. The second-order valence-electron chi connectivity index (χ2n) is 8.40. The highest BCUT2D eigenvalue weighted by Crippen LogP contribution is 2.27. The number of nitrogens with one attached hydrogen (secondary N) is 2. The van der Waals surface area contributed by atoms with Crippen LogP contribution in [0.5, 0.6) is 0 Å². The monoisotopic (exact) mass is 419 g/mol. The highest BCUT2D eigenvalue weighted by Gasteiger charge is 2.36. The van der Waals surface area contributed by atoms with E-state index >= 15 is 0 Å². The molecular formula is C21H30ClN5O2. The number of carbonyl (C=O) groups excluding carboxylic acids is 1. The van der Waals surface area contributed by atoms with Gasteiger partial charge >= 0.3 is 5.69 Å². The van der Waals surface area contributed by atoms with Crippen LogP contribution < -0.4 is 16.7 Å². The minimum absolute atomic E-state index is 0.0855. The summed E-state index contributed by atoms with van der Waals surface area (Å²) >= 11 is 6.36. The number of aryl methyl sites for hydroxylation is 1. The molecule has 7 nitrogen and oxygen atoms in total. The molecule has 2 atom stereocenters. The minimum Gasteiger partial charge on any atom is -0.321 e. The molecule has 2 aromatic rings. The average Bonchev–Trinajstić information content (AvgIpc) is 3.03. The zero-order valence-electron chi connectivity index (χ0n) is 16.9. The first-order valence-electron chi connectivity index (χ1n) is 10.6. The standard InChI is InChI=1S/C21H30ClN5O2/c1-26-18-12-13(10-15(22)19(18)25-21(26)29)11-16(23)20(28)17-4-2-3-9-27(17)14-5-7-24-8-6-14/h10,12,14,16-17,24H,2-9,11,23H2,1H3,(H,25,29). The third-order valence-electron chi connectivity index (χ3n) is 6.50. The van der Waals surface area contributed by atoms with Gasteiger partial charge in [-0.3, -0.25) is 14.3 Å². The maximum absolute atomic E-state index is 13.3. The number of H-pyrrole nitrogens is 1. The molecule has 1 aromatic heterocycles. The van der Waals surface area contributed by atoms with E-state index in [1.54, 1.807) is 13.1 Å². The van der Waals surface area contributed by atoms with Crippen molar-refractivity contribution in [2.75, 3.05) is 19.6 Å². The maximum atomic E-state index is 13.3. The second kappa shape index (κ2) is 8.60. The summed E-state index contributed by atoms with van der Waals surface area (Å²) in [6.07, 6.45) is 5.72. The van der Waals surface area contributed by atoms with Gasteiger partial charge in [-0.25, -0.2) is 4.79 Å². The van der Waals surface area contributed by atoms with Gasteiger partial charge in [-0.1, -0.05) is 18.0 Å². The van der Waals surface area contributed by atoms with Gasteiger partial charge in [0.25, 0.3) is 0 Å². The van der Waals surface area contributed by atoms with Gasteiger partial charge in [0.15, 0.2) is 5.78 Å². The van der Waals surface area contributed by atoms with Crippen LogP contribution in [0, 0.1) is 0 Å². The molecule has 2 aliphatic rings. The van der Waals surface area contributed by atoms with Crippen molar-refractivity contribution in [3.05, 3.63) is 33.2 Å². The van der Waals surface area contributed by atoms with Crippen molar-refractivity contribution in [1.29, 1.82) is 0 Å². The number of nitrogens with zero attached hydrogens (tertiary/aromatic N) is 2. The Balaban J connectivity index is 1.51. The highest BCUT2D eigenvalue weighted by atomic mass is 35.5. The number of likely N-dealkylation sites (tertiary alicyclic amines) is 1. The summed E-state index contributed by atoms with van der Waals surface area (Å²) in [4.78, 5) is 30.4. The number of hydrogen-bond donors (Lipinski definition) is 3. The first-order chi connectivity index (χ1) is 14.0. The van der Waals surface area contributed by atoms with Crippen molar-refractivity contribution in [3.63, 3.8) is 0 Å². The van der Waals surface area contributed by atoms with Crippen LogP contribution in [0.2, 0.25) is 5.02 Å². The number of imidazole rings is 1. The smallest absolute Gasteiger partial charge is 0.321 e. The number of hydrogen-bond acceptors (Lipinski definition) is 5. The third kappa shape index (κ3) is 4.14. The van der Waals surface area contributed by atoms with Crippen molar-refractivity contribution < 1.29 is 4.79 Å². The Morgan fingerprint density at radius 3 is 2.79 bits per heavy atom. The summed E-state index contributed by atoms with van der Waals surface area (Å²) in [6.45, 7) is 3.01. The number of benzene rings is 1. The Kier molecular flexibility index (Phi) is 6.11. The Labute approximate surface area is 175 Å². The topological polar surface area (TPSA) is 96.1 Å². The van der Waals surface area contributed by atoms with Crippen LogP contribution in [-0.2, 0) is 18.3 Å². The fraction of sp³-hybridized carbons (Fsp3) is 0.619. The van der Waals surface area contributed by atoms with Crippen LogP contribution in [-0.4, -0.2) is 58.0 Å². The molecule has 8 heteroatoms. The Morgan fingerprint density at radius 2 is 2.03 bits per heavy atom. The SMILES string of the molecule is Cn1c(=O)[nH]c2c(Cl)cc(CC(N)C(=O)C3CCCCN3C3CCNCC3)cc21. The number of ketones is 1. The van der Waals surface area contributed by atoms with Gasteiger partial charge in [-0.05, 0) is 69.4 Å². The highest BCUT2D eigenvalue weighted by molar-refractivity contribution is 6.35. The molecule has 2 unspecified atom stereocenters. The van der Waals surface area contributed by atoms with Crippen LogP contribution in [0.1, 0.15) is 37.7 Å². The van der Waals surface area contributed by atoms with Gasteiger partial charge in [-0.15, -0.1) is 0 Å². The molecule has 1 aromatic carbocycles. The molecule has 0 amide bonds. The number of rotatable bonds is 5. The lowest BCUT2D eigenvalue weighted by atomic mass is 9.89. The van der Waals surface area contributed by atoms with E-state index in [1.807, 2.05) is 6.07 Å². The largest absolute Gasteiger partial charge is 0.326 e.